The Kier molecular flexibility index (Phi) is 4.78. The predicted molar refractivity (Wildman–Crippen MR) is 113 cm³/mol. The zero-order chi connectivity index (χ0) is 20.7. The summed E-state index contributed by atoms with van der Waals surface area (Å²) in [4.78, 5) is 26.9. The van der Waals surface area contributed by atoms with Crippen LogP contribution in [0.5, 0.6) is 0 Å². The molecule has 8 heteroatoms. The predicted octanol–water partition coefficient (Wildman–Crippen LogP) is 3.11. The van der Waals surface area contributed by atoms with E-state index < -0.39 is 12.1 Å². The molecule has 0 spiro atoms. The molecule has 0 radical (unpaired) electrons. The van der Waals surface area contributed by atoms with Gasteiger partial charge >= 0.3 is 0 Å². The SMILES string of the molecule is O=c1c2cc(-c3ccc(Cl)cc3)nc(-c3cccnc3)c2ncn1C1COC[C@H]1O. The number of pyridine rings is 2. The highest BCUT2D eigenvalue weighted by Crippen LogP contribution is 2.29. The first-order chi connectivity index (χ1) is 14.6. The minimum absolute atomic E-state index is 0.197. The van der Waals surface area contributed by atoms with Gasteiger partial charge in [0.15, 0.2) is 0 Å². The Morgan fingerprint density at radius 3 is 2.67 bits per heavy atom. The van der Waals surface area contributed by atoms with Gasteiger partial charge in [-0.25, -0.2) is 9.97 Å². The number of aromatic nitrogens is 4. The lowest BCUT2D eigenvalue weighted by atomic mass is 10.1. The van der Waals surface area contributed by atoms with Crippen molar-refractivity contribution >= 4 is 22.5 Å². The van der Waals surface area contributed by atoms with Gasteiger partial charge in [-0.1, -0.05) is 23.7 Å². The average Bonchev–Trinajstić information content (AvgIpc) is 3.20. The summed E-state index contributed by atoms with van der Waals surface area (Å²) in [6.07, 6.45) is 4.07. The molecule has 0 saturated carbocycles. The van der Waals surface area contributed by atoms with Crippen molar-refractivity contribution in [1.82, 2.24) is 19.5 Å². The van der Waals surface area contributed by atoms with Crippen LogP contribution in [0, 0.1) is 0 Å². The molecule has 1 N–H and O–H groups in total. The normalized spacial score (nSPS) is 18.7. The van der Waals surface area contributed by atoms with E-state index in [0.717, 1.165) is 11.1 Å². The van der Waals surface area contributed by atoms with Gasteiger partial charge in [-0.05, 0) is 30.3 Å². The van der Waals surface area contributed by atoms with Gasteiger partial charge in [0, 0.05) is 28.5 Å². The highest BCUT2D eigenvalue weighted by atomic mass is 35.5. The van der Waals surface area contributed by atoms with Gasteiger partial charge in [-0.2, -0.15) is 0 Å². The number of hydrogen-bond donors (Lipinski definition) is 1. The van der Waals surface area contributed by atoms with Crippen molar-refractivity contribution in [2.45, 2.75) is 12.1 Å². The second kappa shape index (κ2) is 7.60. The van der Waals surface area contributed by atoms with Crippen LogP contribution in [-0.2, 0) is 4.74 Å². The van der Waals surface area contributed by atoms with E-state index in [1.54, 1.807) is 30.6 Å². The number of halogens is 1. The van der Waals surface area contributed by atoms with Crippen LogP contribution in [0.4, 0.5) is 0 Å². The quantitative estimate of drug-likeness (QED) is 0.547. The van der Waals surface area contributed by atoms with Crippen molar-refractivity contribution in [2.24, 2.45) is 0 Å². The number of aliphatic hydroxyl groups excluding tert-OH is 1. The monoisotopic (exact) mass is 420 g/mol. The largest absolute Gasteiger partial charge is 0.388 e. The molecule has 30 heavy (non-hydrogen) atoms. The van der Waals surface area contributed by atoms with Crippen molar-refractivity contribution in [3.63, 3.8) is 0 Å². The van der Waals surface area contributed by atoms with E-state index in [1.807, 2.05) is 24.3 Å². The van der Waals surface area contributed by atoms with Gasteiger partial charge in [-0.3, -0.25) is 14.3 Å². The maximum Gasteiger partial charge on any atom is 0.261 e. The third kappa shape index (κ3) is 3.27. The zero-order valence-electron chi connectivity index (χ0n) is 15.8. The fraction of sp³-hybridized carbons (Fsp3) is 0.182. The van der Waals surface area contributed by atoms with Crippen molar-refractivity contribution < 1.29 is 9.84 Å². The fourth-order valence-electron chi connectivity index (χ4n) is 3.65. The topological polar surface area (TPSA) is 90.1 Å². The number of nitrogens with zero attached hydrogens (tertiary/aromatic N) is 4. The smallest absolute Gasteiger partial charge is 0.261 e. The molecule has 0 bridgehead atoms. The Bertz CT molecular complexity index is 1280. The van der Waals surface area contributed by atoms with Gasteiger partial charge in [0.25, 0.3) is 5.56 Å². The van der Waals surface area contributed by atoms with Gasteiger partial charge in [-0.15, -0.1) is 0 Å². The van der Waals surface area contributed by atoms with E-state index in [9.17, 15) is 9.90 Å². The van der Waals surface area contributed by atoms with Crippen molar-refractivity contribution in [3.8, 4) is 22.5 Å². The Hall–Kier alpha value is -3.13. The van der Waals surface area contributed by atoms with Crippen molar-refractivity contribution in [1.29, 1.82) is 0 Å². The molecule has 2 atom stereocenters. The first kappa shape index (κ1) is 18.9. The third-order valence-electron chi connectivity index (χ3n) is 5.22. The maximum atomic E-state index is 13.4. The molecule has 1 unspecified atom stereocenters. The number of rotatable bonds is 3. The van der Waals surface area contributed by atoms with Gasteiger partial charge in [0.2, 0.25) is 0 Å². The minimum atomic E-state index is -0.752. The van der Waals surface area contributed by atoms with Gasteiger partial charge < -0.3 is 9.84 Å². The van der Waals surface area contributed by atoms with Crippen LogP contribution in [0.1, 0.15) is 6.04 Å². The zero-order valence-corrected chi connectivity index (χ0v) is 16.5. The number of benzene rings is 1. The van der Waals surface area contributed by atoms with E-state index in [-0.39, 0.29) is 18.8 Å². The maximum absolute atomic E-state index is 13.4. The highest BCUT2D eigenvalue weighted by Gasteiger charge is 2.29. The molecule has 3 aromatic heterocycles. The summed E-state index contributed by atoms with van der Waals surface area (Å²) in [6, 6.07) is 12.2. The van der Waals surface area contributed by atoms with Crippen LogP contribution in [0.15, 0.2) is 66.0 Å². The molecule has 1 fully saturated rings. The highest BCUT2D eigenvalue weighted by molar-refractivity contribution is 6.30. The van der Waals surface area contributed by atoms with E-state index in [2.05, 4.69) is 9.97 Å². The molecule has 7 nitrogen and oxygen atoms in total. The number of ether oxygens (including phenoxy) is 1. The van der Waals surface area contributed by atoms with Crippen LogP contribution in [0.3, 0.4) is 0 Å². The van der Waals surface area contributed by atoms with Crippen LogP contribution in [0.2, 0.25) is 5.02 Å². The Morgan fingerprint density at radius 2 is 1.97 bits per heavy atom. The molecule has 5 rings (SSSR count). The number of hydrogen-bond acceptors (Lipinski definition) is 6. The molecule has 1 saturated heterocycles. The van der Waals surface area contributed by atoms with Crippen LogP contribution >= 0.6 is 11.6 Å². The second-order valence-electron chi connectivity index (χ2n) is 7.13. The molecule has 0 aliphatic carbocycles. The van der Waals surface area contributed by atoms with Crippen LogP contribution < -0.4 is 5.56 Å². The Labute approximate surface area is 176 Å². The Morgan fingerprint density at radius 1 is 1.13 bits per heavy atom. The Balaban J connectivity index is 1.78. The minimum Gasteiger partial charge on any atom is -0.388 e. The first-order valence-electron chi connectivity index (χ1n) is 9.46. The summed E-state index contributed by atoms with van der Waals surface area (Å²) in [6.45, 7) is 0.460. The van der Waals surface area contributed by atoms with Crippen LogP contribution in [-0.4, -0.2) is 43.9 Å². The summed E-state index contributed by atoms with van der Waals surface area (Å²) in [7, 11) is 0. The molecule has 4 heterocycles. The van der Waals surface area contributed by atoms with Crippen molar-refractivity contribution in [3.05, 3.63) is 76.6 Å². The van der Waals surface area contributed by atoms with Gasteiger partial charge in [0.05, 0.1) is 42.4 Å². The van der Waals surface area contributed by atoms with E-state index in [1.165, 1.54) is 10.9 Å². The van der Waals surface area contributed by atoms with E-state index in [0.29, 0.717) is 27.3 Å². The lowest BCUT2D eigenvalue weighted by molar-refractivity contribution is 0.119. The fourth-order valence-corrected chi connectivity index (χ4v) is 3.78. The number of aliphatic hydroxyl groups is 1. The molecule has 0 amide bonds. The lowest BCUT2D eigenvalue weighted by Gasteiger charge is -2.17. The van der Waals surface area contributed by atoms with Crippen molar-refractivity contribution in [2.75, 3.05) is 13.2 Å². The second-order valence-corrected chi connectivity index (χ2v) is 7.57. The van der Waals surface area contributed by atoms with Crippen LogP contribution in [0.25, 0.3) is 33.4 Å². The summed E-state index contributed by atoms with van der Waals surface area (Å²) in [5.74, 6) is 0. The molecule has 1 aliphatic heterocycles. The molecular formula is C22H17ClN4O3. The summed E-state index contributed by atoms with van der Waals surface area (Å²) < 4.78 is 6.76. The first-order valence-corrected chi connectivity index (χ1v) is 9.83. The number of fused-ring (bicyclic) bond motifs is 1. The summed E-state index contributed by atoms with van der Waals surface area (Å²) in [5, 5.41) is 11.2. The van der Waals surface area contributed by atoms with E-state index in [4.69, 9.17) is 21.3 Å². The molecule has 1 aliphatic rings. The standard InChI is InChI=1S/C22H17ClN4O3/c23-15-5-3-13(4-6-15)17-8-16-21(20(26-17)14-2-1-7-24-9-14)25-12-27(22(16)29)18-10-30-11-19(18)28/h1-9,12,18-19,28H,10-11H2/t18?,19-/m1/s1. The van der Waals surface area contributed by atoms with E-state index >= 15 is 0 Å². The molecule has 1 aromatic carbocycles. The van der Waals surface area contributed by atoms with Gasteiger partial charge in [0.1, 0.15) is 11.6 Å². The molecule has 150 valence electrons. The molecule has 4 aromatic rings. The summed E-state index contributed by atoms with van der Waals surface area (Å²) >= 11 is 6.03. The third-order valence-corrected chi connectivity index (χ3v) is 5.47. The average molecular weight is 421 g/mol. The molecular weight excluding hydrogens is 404 g/mol. The lowest BCUT2D eigenvalue weighted by Crippen LogP contribution is -2.32. The summed E-state index contributed by atoms with van der Waals surface area (Å²) in [5.41, 5.74) is 3.00.